The van der Waals surface area contributed by atoms with Crippen molar-refractivity contribution >= 4 is 28.2 Å². The third kappa shape index (κ3) is 6.32. The highest BCUT2D eigenvalue weighted by Gasteiger charge is 2.33. The molecule has 0 bridgehead atoms. The van der Waals surface area contributed by atoms with Crippen molar-refractivity contribution in [2.24, 2.45) is 0 Å². The fourth-order valence-electron chi connectivity index (χ4n) is 6.08. The van der Waals surface area contributed by atoms with E-state index in [0.29, 0.717) is 32.2 Å². The van der Waals surface area contributed by atoms with Gasteiger partial charge in [0.05, 0.1) is 44.0 Å². The van der Waals surface area contributed by atoms with Gasteiger partial charge in [0, 0.05) is 55.9 Å². The number of methoxy groups -OCH3 is 1. The number of fused-ring (bicyclic) bond motifs is 2. The first-order chi connectivity index (χ1) is 20.4. The number of rotatable bonds is 5. The standard InChI is InChI=1S/C27H28N6O2.C5H11NO/c1-3-25(34)33-16-15-32(17-20(33)11-13-28)26-22-12-14-31(18-23(22)29-27(30-26)35-2)24-10-6-8-19-7-4-5-9-21(19)24;1-6-3-2-5(7)4-6/h3-10,20H,1,11-12,14-18H2,2H3;5,7H,2-4H2,1H3. The summed E-state index contributed by atoms with van der Waals surface area (Å²) < 4.78 is 5.48. The largest absolute Gasteiger partial charge is 0.467 e. The number of likely N-dealkylation sites (tertiary alicyclic amines) is 1. The van der Waals surface area contributed by atoms with Gasteiger partial charge in [-0.05, 0) is 37.4 Å². The van der Waals surface area contributed by atoms with Gasteiger partial charge in [0.15, 0.2) is 0 Å². The molecule has 3 aliphatic heterocycles. The number of β-amino-alcohol motifs (C(OH)–C–C–N with tert-alkyl or cyclic N) is 1. The number of carbonyl (C=O) groups excluding carboxylic acids is 1. The van der Waals surface area contributed by atoms with E-state index in [2.05, 4.69) is 69.8 Å². The maximum atomic E-state index is 12.3. The van der Waals surface area contributed by atoms with Crippen LogP contribution in [0, 0.1) is 11.3 Å². The number of nitrogens with zero attached hydrogens (tertiary/aromatic N) is 7. The Hall–Kier alpha value is -4.20. The molecule has 10 nitrogen and oxygen atoms in total. The third-order valence-corrected chi connectivity index (χ3v) is 8.25. The van der Waals surface area contributed by atoms with Crippen molar-refractivity contribution in [1.82, 2.24) is 19.8 Å². The molecule has 2 saturated heterocycles. The van der Waals surface area contributed by atoms with Crippen molar-refractivity contribution in [2.45, 2.75) is 38.0 Å². The lowest BCUT2D eigenvalue weighted by molar-refractivity contribution is -0.128. The molecule has 2 unspecified atom stereocenters. The predicted octanol–water partition coefficient (Wildman–Crippen LogP) is 3.00. The molecular formula is C32H39N7O3. The Bertz CT molecular complexity index is 1460. The number of hydrogen-bond donors (Lipinski definition) is 1. The number of piperazine rings is 1. The quantitative estimate of drug-likeness (QED) is 0.464. The highest BCUT2D eigenvalue weighted by Crippen LogP contribution is 2.34. The molecule has 42 heavy (non-hydrogen) atoms. The molecule has 220 valence electrons. The molecule has 1 aromatic heterocycles. The predicted molar refractivity (Wildman–Crippen MR) is 164 cm³/mol. The van der Waals surface area contributed by atoms with Gasteiger partial charge in [-0.1, -0.05) is 43.0 Å². The van der Waals surface area contributed by atoms with Crippen LogP contribution < -0.4 is 14.5 Å². The smallest absolute Gasteiger partial charge is 0.318 e. The molecule has 2 aromatic carbocycles. The molecule has 0 aliphatic carbocycles. The van der Waals surface area contributed by atoms with Gasteiger partial charge < -0.3 is 29.4 Å². The van der Waals surface area contributed by atoms with Crippen LogP contribution >= 0.6 is 0 Å². The zero-order valence-corrected chi connectivity index (χ0v) is 24.4. The monoisotopic (exact) mass is 569 g/mol. The number of anilines is 2. The number of hydrogen-bond acceptors (Lipinski definition) is 9. The molecule has 6 rings (SSSR count). The van der Waals surface area contributed by atoms with Crippen molar-refractivity contribution in [3.63, 3.8) is 0 Å². The fourth-order valence-corrected chi connectivity index (χ4v) is 6.08. The molecule has 0 saturated carbocycles. The number of benzene rings is 2. The van der Waals surface area contributed by atoms with Crippen LogP contribution in [0.3, 0.4) is 0 Å². The summed E-state index contributed by atoms with van der Waals surface area (Å²) in [5.74, 6) is 0.705. The first-order valence-corrected chi connectivity index (χ1v) is 14.5. The highest BCUT2D eigenvalue weighted by molar-refractivity contribution is 5.94. The molecule has 3 aromatic rings. The number of amides is 1. The van der Waals surface area contributed by atoms with E-state index >= 15 is 0 Å². The lowest BCUT2D eigenvalue weighted by Crippen LogP contribution is -2.55. The number of nitriles is 1. The Morgan fingerprint density at radius 1 is 1.12 bits per heavy atom. The minimum Gasteiger partial charge on any atom is -0.467 e. The van der Waals surface area contributed by atoms with Crippen molar-refractivity contribution < 1.29 is 14.6 Å². The minimum absolute atomic E-state index is 0.0509. The second-order valence-corrected chi connectivity index (χ2v) is 11.0. The van der Waals surface area contributed by atoms with Crippen molar-refractivity contribution in [1.29, 1.82) is 5.26 Å². The average molecular weight is 570 g/mol. The van der Waals surface area contributed by atoms with Gasteiger partial charge in [-0.25, -0.2) is 0 Å². The summed E-state index contributed by atoms with van der Waals surface area (Å²) in [5.41, 5.74) is 3.26. The van der Waals surface area contributed by atoms with E-state index in [1.54, 1.807) is 12.0 Å². The maximum Gasteiger partial charge on any atom is 0.318 e. The van der Waals surface area contributed by atoms with Crippen LogP contribution in [0.4, 0.5) is 11.5 Å². The first-order valence-electron chi connectivity index (χ1n) is 14.5. The van der Waals surface area contributed by atoms with Gasteiger partial charge in [-0.2, -0.15) is 15.2 Å². The molecule has 3 aliphatic rings. The SMILES string of the molecule is C=CC(=O)N1CCN(c2nc(OC)nc3c2CCN(c2cccc4ccccc24)C3)CC1CC#N.CN1CCC(O)C1. The van der Waals surface area contributed by atoms with Crippen LogP contribution in [0.2, 0.25) is 0 Å². The Balaban J connectivity index is 0.000000442. The van der Waals surface area contributed by atoms with Gasteiger partial charge in [-0.15, -0.1) is 0 Å². The topological polar surface area (TPSA) is 109 Å². The first kappa shape index (κ1) is 29.3. The van der Waals surface area contributed by atoms with Gasteiger partial charge >= 0.3 is 6.01 Å². The molecule has 2 atom stereocenters. The average Bonchev–Trinajstić information content (AvgIpc) is 3.41. The van der Waals surface area contributed by atoms with Gasteiger partial charge in [0.2, 0.25) is 5.91 Å². The molecule has 1 N–H and O–H groups in total. The number of aliphatic hydroxyl groups is 1. The summed E-state index contributed by atoms with van der Waals surface area (Å²) in [6.45, 7) is 8.71. The maximum absolute atomic E-state index is 12.3. The second-order valence-electron chi connectivity index (χ2n) is 11.0. The number of likely N-dealkylation sites (N-methyl/N-ethyl adjacent to an activating group) is 1. The van der Waals surface area contributed by atoms with Crippen molar-refractivity contribution in [2.75, 3.05) is 63.2 Å². The van der Waals surface area contributed by atoms with Gasteiger partial charge in [0.1, 0.15) is 5.82 Å². The number of aromatic nitrogens is 2. The van der Waals surface area contributed by atoms with Crippen molar-refractivity contribution in [3.8, 4) is 12.1 Å². The van der Waals surface area contributed by atoms with Crippen LogP contribution in [0.5, 0.6) is 6.01 Å². The number of ether oxygens (including phenoxy) is 1. The summed E-state index contributed by atoms with van der Waals surface area (Å²) in [5, 5.41) is 20.6. The van der Waals surface area contributed by atoms with E-state index in [-0.39, 0.29) is 24.5 Å². The summed E-state index contributed by atoms with van der Waals surface area (Å²) in [7, 11) is 3.60. The molecule has 10 heteroatoms. The van der Waals surface area contributed by atoms with E-state index in [0.717, 1.165) is 49.6 Å². The van der Waals surface area contributed by atoms with E-state index in [4.69, 9.17) is 19.8 Å². The molecule has 2 fully saturated rings. The summed E-state index contributed by atoms with van der Waals surface area (Å²) >= 11 is 0. The number of carbonyl (C=O) groups is 1. The Kier molecular flexibility index (Phi) is 9.20. The summed E-state index contributed by atoms with van der Waals surface area (Å²) in [4.78, 5) is 30.2. The van der Waals surface area contributed by atoms with Gasteiger partial charge in [-0.3, -0.25) is 4.79 Å². The van der Waals surface area contributed by atoms with E-state index in [1.165, 1.54) is 22.5 Å². The van der Waals surface area contributed by atoms with Crippen molar-refractivity contribution in [3.05, 3.63) is 66.4 Å². The Labute approximate surface area is 247 Å². The Morgan fingerprint density at radius 2 is 1.93 bits per heavy atom. The highest BCUT2D eigenvalue weighted by atomic mass is 16.5. The van der Waals surface area contributed by atoms with E-state index < -0.39 is 0 Å². The minimum atomic E-state index is -0.216. The lowest BCUT2D eigenvalue weighted by Gasteiger charge is -2.42. The van der Waals surface area contributed by atoms with Crippen LogP contribution in [0.1, 0.15) is 24.1 Å². The van der Waals surface area contributed by atoms with Crippen LogP contribution in [-0.4, -0.2) is 96.4 Å². The zero-order chi connectivity index (χ0) is 29.6. The Morgan fingerprint density at radius 3 is 2.62 bits per heavy atom. The van der Waals surface area contributed by atoms with Crippen LogP contribution in [-0.2, 0) is 17.8 Å². The normalized spacial score (nSPS) is 20.4. The fraction of sp³-hybridized carbons (Fsp3) is 0.438. The zero-order valence-electron chi connectivity index (χ0n) is 24.4. The van der Waals surface area contributed by atoms with Gasteiger partial charge in [0.25, 0.3) is 0 Å². The summed E-state index contributed by atoms with van der Waals surface area (Å²) in [6.07, 6.45) is 3.28. The molecule has 4 heterocycles. The molecular weight excluding hydrogens is 530 g/mol. The summed E-state index contributed by atoms with van der Waals surface area (Å²) in [6, 6.07) is 17.2. The number of aliphatic hydroxyl groups excluding tert-OH is 1. The molecule has 0 radical (unpaired) electrons. The van der Waals surface area contributed by atoms with Crippen LogP contribution in [0.15, 0.2) is 55.1 Å². The molecule has 1 amide bonds. The van der Waals surface area contributed by atoms with E-state index in [9.17, 15) is 10.1 Å². The second kappa shape index (κ2) is 13.2. The molecule has 0 spiro atoms. The van der Waals surface area contributed by atoms with Crippen LogP contribution in [0.25, 0.3) is 10.8 Å². The lowest BCUT2D eigenvalue weighted by atomic mass is 10.0. The van der Waals surface area contributed by atoms with E-state index in [1.807, 2.05) is 7.05 Å². The third-order valence-electron chi connectivity index (χ3n) is 8.25.